The predicted molar refractivity (Wildman–Crippen MR) is 86.3 cm³/mol. The van der Waals surface area contributed by atoms with Crippen LogP contribution in [0.3, 0.4) is 0 Å². The van der Waals surface area contributed by atoms with Crippen molar-refractivity contribution in [2.24, 2.45) is 0 Å². The van der Waals surface area contributed by atoms with Crippen molar-refractivity contribution >= 4 is 0 Å². The maximum Gasteiger partial charge on any atom is 0.0681 e. The van der Waals surface area contributed by atoms with Gasteiger partial charge in [-0.1, -0.05) is 48.5 Å². The molecule has 2 aromatic rings. The molecule has 0 bridgehead atoms. The summed E-state index contributed by atoms with van der Waals surface area (Å²) in [6, 6.07) is 15.1. The van der Waals surface area contributed by atoms with Crippen LogP contribution >= 0.6 is 0 Å². The van der Waals surface area contributed by atoms with E-state index in [0.29, 0.717) is 12.8 Å². The molecular formula is C18H24O4. The Morgan fingerprint density at radius 3 is 1.18 bits per heavy atom. The Morgan fingerprint density at radius 2 is 0.909 bits per heavy atom. The Morgan fingerprint density at radius 1 is 0.545 bits per heavy atom. The molecule has 4 nitrogen and oxygen atoms in total. The maximum absolute atomic E-state index is 8.75. The number of benzene rings is 2. The van der Waals surface area contributed by atoms with Crippen LogP contribution in [0.2, 0.25) is 0 Å². The molecule has 22 heavy (non-hydrogen) atoms. The van der Waals surface area contributed by atoms with Crippen LogP contribution < -0.4 is 0 Å². The average Bonchev–Trinajstić information content (AvgIpc) is 2.58. The lowest BCUT2D eigenvalue weighted by atomic mass is 10.0. The average molecular weight is 304 g/mol. The van der Waals surface area contributed by atoms with Crippen molar-refractivity contribution in [1.82, 2.24) is 0 Å². The monoisotopic (exact) mass is 304 g/mol. The summed E-state index contributed by atoms with van der Waals surface area (Å²) in [5.74, 6) is 0. The van der Waals surface area contributed by atoms with E-state index in [9.17, 15) is 0 Å². The Hall–Kier alpha value is -1.72. The molecule has 0 aliphatic carbocycles. The van der Waals surface area contributed by atoms with Crippen LogP contribution in [0.15, 0.2) is 48.5 Å². The third-order valence-electron chi connectivity index (χ3n) is 3.27. The molecule has 0 unspecified atom stereocenters. The van der Waals surface area contributed by atoms with E-state index in [4.69, 9.17) is 20.4 Å². The highest BCUT2D eigenvalue weighted by Gasteiger charge is 1.99. The molecule has 0 aromatic heterocycles. The summed E-state index contributed by atoms with van der Waals surface area (Å²) < 4.78 is 0. The third-order valence-corrected chi connectivity index (χ3v) is 3.27. The van der Waals surface area contributed by atoms with E-state index in [-0.39, 0.29) is 26.4 Å². The zero-order valence-corrected chi connectivity index (χ0v) is 12.7. The van der Waals surface area contributed by atoms with Crippen molar-refractivity contribution < 1.29 is 20.4 Å². The van der Waals surface area contributed by atoms with Gasteiger partial charge in [0.25, 0.3) is 0 Å². The molecule has 0 heterocycles. The summed E-state index contributed by atoms with van der Waals surface area (Å²) >= 11 is 0. The van der Waals surface area contributed by atoms with Crippen LogP contribution in [0.5, 0.6) is 0 Å². The first-order chi connectivity index (χ1) is 10.7. The molecule has 0 fully saturated rings. The van der Waals surface area contributed by atoms with Gasteiger partial charge in [-0.05, 0) is 35.1 Å². The summed E-state index contributed by atoms with van der Waals surface area (Å²) in [5, 5.41) is 34.8. The third kappa shape index (κ3) is 6.37. The van der Waals surface area contributed by atoms with E-state index in [1.54, 1.807) is 24.3 Å². The fourth-order valence-electron chi connectivity index (χ4n) is 2.04. The number of hydrogen-bond donors (Lipinski definition) is 4. The highest BCUT2D eigenvalue weighted by atomic mass is 16.3. The van der Waals surface area contributed by atoms with E-state index >= 15 is 0 Å². The zero-order chi connectivity index (χ0) is 16.2. The van der Waals surface area contributed by atoms with Crippen molar-refractivity contribution in [3.8, 4) is 0 Å². The molecule has 4 N–H and O–H groups in total. The maximum atomic E-state index is 8.75. The van der Waals surface area contributed by atoms with Gasteiger partial charge >= 0.3 is 0 Å². The summed E-state index contributed by atoms with van der Waals surface area (Å²) in [7, 11) is 0. The van der Waals surface area contributed by atoms with Crippen molar-refractivity contribution in [3.63, 3.8) is 0 Å². The van der Waals surface area contributed by atoms with Crippen LogP contribution in [-0.2, 0) is 26.1 Å². The Balaban J connectivity index is 0.000000224. The predicted octanol–water partition coefficient (Wildman–Crippen LogP) is 1.43. The van der Waals surface area contributed by atoms with Crippen LogP contribution in [-0.4, -0.2) is 33.6 Å². The standard InChI is InChI=1S/C10H14O2.C8H10O2/c11-7-5-9-3-1-2-4-10(9)6-8-12;9-5-7-1-2-8(6-10)4-3-7/h1-4,11-12H,5-8H2;1-4,9-10H,5-6H2. The van der Waals surface area contributed by atoms with Gasteiger partial charge in [-0.2, -0.15) is 0 Å². The largest absolute Gasteiger partial charge is 0.396 e. The van der Waals surface area contributed by atoms with Gasteiger partial charge in [0.1, 0.15) is 0 Å². The van der Waals surface area contributed by atoms with Gasteiger partial charge in [-0.25, -0.2) is 0 Å². The topological polar surface area (TPSA) is 80.9 Å². The number of aliphatic hydroxyl groups is 4. The minimum absolute atomic E-state index is 0.0612. The lowest BCUT2D eigenvalue weighted by Crippen LogP contribution is -1.99. The van der Waals surface area contributed by atoms with Crippen LogP contribution in [0.4, 0.5) is 0 Å². The molecule has 0 saturated heterocycles. The summed E-state index contributed by atoms with van der Waals surface area (Å²) in [6.45, 7) is 0.461. The molecule has 0 aliphatic heterocycles. The number of hydrogen-bond acceptors (Lipinski definition) is 4. The molecule has 0 amide bonds. The lowest BCUT2D eigenvalue weighted by Gasteiger charge is -2.05. The summed E-state index contributed by atoms with van der Waals surface area (Å²) in [4.78, 5) is 0. The second kappa shape index (κ2) is 10.9. The molecule has 4 heteroatoms. The van der Waals surface area contributed by atoms with Crippen molar-refractivity contribution in [2.75, 3.05) is 13.2 Å². The molecule has 0 radical (unpaired) electrons. The Kier molecular flexibility index (Phi) is 9.11. The van der Waals surface area contributed by atoms with E-state index in [1.807, 2.05) is 24.3 Å². The zero-order valence-electron chi connectivity index (χ0n) is 12.7. The van der Waals surface area contributed by atoms with Crippen LogP contribution in [0.25, 0.3) is 0 Å². The second-order valence-electron chi connectivity index (χ2n) is 4.85. The van der Waals surface area contributed by atoms with Gasteiger partial charge in [-0.3, -0.25) is 0 Å². The highest BCUT2D eigenvalue weighted by molar-refractivity contribution is 5.27. The molecule has 0 aliphatic rings. The van der Waals surface area contributed by atoms with Gasteiger partial charge in [0.2, 0.25) is 0 Å². The molecule has 0 saturated carbocycles. The summed E-state index contributed by atoms with van der Waals surface area (Å²) in [5.41, 5.74) is 4.01. The minimum Gasteiger partial charge on any atom is -0.396 e. The van der Waals surface area contributed by atoms with Crippen molar-refractivity contribution in [2.45, 2.75) is 26.1 Å². The lowest BCUT2D eigenvalue weighted by molar-refractivity contribution is 0.278. The van der Waals surface area contributed by atoms with Gasteiger partial charge in [0.15, 0.2) is 0 Å². The first-order valence-corrected chi connectivity index (χ1v) is 7.33. The Bertz CT molecular complexity index is 475. The second-order valence-corrected chi connectivity index (χ2v) is 4.85. The SMILES string of the molecule is OCCc1ccccc1CCO.OCc1ccc(CO)cc1. The normalized spacial score (nSPS) is 10.0. The minimum atomic E-state index is 0.0612. The fraction of sp³-hybridized carbons (Fsp3) is 0.333. The molecule has 120 valence electrons. The van der Waals surface area contributed by atoms with Crippen LogP contribution in [0, 0.1) is 0 Å². The molecule has 0 spiro atoms. The van der Waals surface area contributed by atoms with Crippen molar-refractivity contribution in [3.05, 3.63) is 70.8 Å². The molecule has 2 rings (SSSR count). The summed E-state index contributed by atoms with van der Waals surface area (Å²) in [6.07, 6.45) is 1.35. The van der Waals surface area contributed by atoms with Gasteiger partial charge in [0, 0.05) is 13.2 Å². The van der Waals surface area contributed by atoms with E-state index in [2.05, 4.69) is 0 Å². The quantitative estimate of drug-likeness (QED) is 0.651. The first-order valence-electron chi connectivity index (χ1n) is 7.33. The highest BCUT2D eigenvalue weighted by Crippen LogP contribution is 2.09. The molecule has 0 atom stereocenters. The van der Waals surface area contributed by atoms with Gasteiger partial charge in [0.05, 0.1) is 13.2 Å². The Labute approximate surface area is 131 Å². The van der Waals surface area contributed by atoms with Gasteiger partial charge < -0.3 is 20.4 Å². The van der Waals surface area contributed by atoms with Gasteiger partial charge in [-0.15, -0.1) is 0 Å². The number of rotatable bonds is 6. The fourth-order valence-corrected chi connectivity index (χ4v) is 2.04. The van der Waals surface area contributed by atoms with Crippen molar-refractivity contribution in [1.29, 1.82) is 0 Å². The smallest absolute Gasteiger partial charge is 0.0681 e. The van der Waals surface area contributed by atoms with E-state index in [1.165, 1.54) is 0 Å². The van der Waals surface area contributed by atoms with E-state index in [0.717, 1.165) is 22.3 Å². The molecule has 2 aromatic carbocycles. The van der Waals surface area contributed by atoms with E-state index < -0.39 is 0 Å². The molecular weight excluding hydrogens is 280 g/mol. The first kappa shape index (κ1) is 18.3. The number of aliphatic hydroxyl groups excluding tert-OH is 4. The van der Waals surface area contributed by atoms with Crippen LogP contribution in [0.1, 0.15) is 22.3 Å².